The SMILES string of the molecule is Nc1ncccn1.O=C(O)c1ccc(C(=O)O)cc1. The van der Waals surface area contributed by atoms with E-state index in [0.717, 1.165) is 0 Å². The molecule has 1 heterocycles. The van der Waals surface area contributed by atoms with Crippen LogP contribution in [0.25, 0.3) is 0 Å². The zero-order chi connectivity index (χ0) is 14.3. The molecule has 1 aromatic heterocycles. The third-order valence-electron chi connectivity index (χ3n) is 1.96. The number of aromatic nitrogens is 2. The predicted molar refractivity (Wildman–Crippen MR) is 66.8 cm³/mol. The van der Waals surface area contributed by atoms with Crippen molar-refractivity contribution in [3.63, 3.8) is 0 Å². The minimum absolute atomic E-state index is 0.0833. The van der Waals surface area contributed by atoms with E-state index in [1.165, 1.54) is 24.3 Å². The van der Waals surface area contributed by atoms with Crippen LogP contribution in [0.2, 0.25) is 0 Å². The van der Waals surface area contributed by atoms with E-state index in [-0.39, 0.29) is 11.1 Å². The summed E-state index contributed by atoms with van der Waals surface area (Å²) in [6.07, 6.45) is 3.20. The maximum absolute atomic E-state index is 10.3. The van der Waals surface area contributed by atoms with Crippen LogP contribution in [-0.2, 0) is 0 Å². The number of carbonyl (C=O) groups is 2. The number of anilines is 1. The fraction of sp³-hybridized carbons (Fsp3) is 0. The molecule has 0 saturated carbocycles. The lowest BCUT2D eigenvalue weighted by Crippen LogP contribution is -1.99. The third kappa shape index (κ3) is 4.82. The van der Waals surface area contributed by atoms with Crippen molar-refractivity contribution in [2.24, 2.45) is 0 Å². The van der Waals surface area contributed by atoms with Crippen LogP contribution in [0.1, 0.15) is 20.7 Å². The van der Waals surface area contributed by atoms with Gasteiger partial charge in [-0.05, 0) is 30.3 Å². The lowest BCUT2D eigenvalue weighted by atomic mass is 10.1. The first-order valence-corrected chi connectivity index (χ1v) is 5.10. The Morgan fingerprint density at radius 2 is 1.26 bits per heavy atom. The number of nitrogen functional groups attached to an aromatic ring is 1. The molecule has 0 fully saturated rings. The van der Waals surface area contributed by atoms with Gasteiger partial charge in [-0.15, -0.1) is 0 Å². The smallest absolute Gasteiger partial charge is 0.335 e. The van der Waals surface area contributed by atoms with Crippen molar-refractivity contribution >= 4 is 17.9 Å². The highest BCUT2D eigenvalue weighted by Crippen LogP contribution is 2.03. The van der Waals surface area contributed by atoms with Gasteiger partial charge in [-0.1, -0.05) is 0 Å². The van der Waals surface area contributed by atoms with E-state index in [2.05, 4.69) is 9.97 Å². The van der Waals surface area contributed by atoms with Gasteiger partial charge < -0.3 is 15.9 Å². The predicted octanol–water partition coefficient (Wildman–Crippen LogP) is 1.14. The Bertz CT molecular complexity index is 522. The third-order valence-corrected chi connectivity index (χ3v) is 1.96. The zero-order valence-corrected chi connectivity index (χ0v) is 9.72. The Balaban J connectivity index is 0.000000218. The largest absolute Gasteiger partial charge is 0.478 e. The van der Waals surface area contributed by atoms with E-state index in [9.17, 15) is 9.59 Å². The van der Waals surface area contributed by atoms with Gasteiger partial charge >= 0.3 is 11.9 Å². The van der Waals surface area contributed by atoms with Crippen LogP contribution in [0.15, 0.2) is 42.7 Å². The highest BCUT2D eigenvalue weighted by molar-refractivity contribution is 5.91. The number of carboxylic acids is 2. The molecule has 2 aromatic rings. The van der Waals surface area contributed by atoms with E-state index < -0.39 is 11.9 Å². The Hall–Kier alpha value is -2.96. The fourth-order valence-corrected chi connectivity index (χ4v) is 1.07. The summed E-state index contributed by atoms with van der Waals surface area (Å²) >= 11 is 0. The molecule has 0 amide bonds. The minimum atomic E-state index is -1.06. The van der Waals surface area contributed by atoms with Gasteiger partial charge in [0.05, 0.1) is 11.1 Å². The van der Waals surface area contributed by atoms with Gasteiger partial charge in [-0.25, -0.2) is 19.6 Å². The maximum Gasteiger partial charge on any atom is 0.335 e. The number of aromatic carboxylic acids is 2. The molecule has 0 spiro atoms. The minimum Gasteiger partial charge on any atom is -0.478 e. The molecule has 7 nitrogen and oxygen atoms in total. The number of nitrogens with zero attached hydrogens (tertiary/aromatic N) is 2. The zero-order valence-electron chi connectivity index (χ0n) is 9.72. The van der Waals surface area contributed by atoms with E-state index in [1.54, 1.807) is 18.5 Å². The highest BCUT2D eigenvalue weighted by atomic mass is 16.4. The average Bonchev–Trinajstić information content (AvgIpc) is 2.40. The maximum atomic E-state index is 10.3. The molecule has 4 N–H and O–H groups in total. The van der Waals surface area contributed by atoms with E-state index in [0.29, 0.717) is 5.95 Å². The van der Waals surface area contributed by atoms with Crippen LogP contribution >= 0.6 is 0 Å². The normalized spacial score (nSPS) is 9.05. The lowest BCUT2D eigenvalue weighted by molar-refractivity contribution is 0.0681. The molecule has 0 unspecified atom stereocenters. The van der Waals surface area contributed by atoms with Crippen LogP contribution in [0.3, 0.4) is 0 Å². The molecule has 0 atom stereocenters. The van der Waals surface area contributed by atoms with Gasteiger partial charge in [-0.3, -0.25) is 0 Å². The molecule has 7 heteroatoms. The summed E-state index contributed by atoms with van der Waals surface area (Å²) < 4.78 is 0. The summed E-state index contributed by atoms with van der Waals surface area (Å²) in [6.45, 7) is 0. The van der Waals surface area contributed by atoms with Gasteiger partial charge in [-0.2, -0.15) is 0 Å². The number of hydrogen-bond donors (Lipinski definition) is 3. The second kappa shape index (κ2) is 6.70. The van der Waals surface area contributed by atoms with E-state index in [4.69, 9.17) is 15.9 Å². The monoisotopic (exact) mass is 261 g/mol. The summed E-state index contributed by atoms with van der Waals surface area (Å²) in [5, 5.41) is 16.9. The number of benzene rings is 1. The Morgan fingerprint density at radius 1 is 0.895 bits per heavy atom. The molecule has 0 aliphatic carbocycles. The molecule has 0 aliphatic rings. The topological polar surface area (TPSA) is 126 Å². The van der Waals surface area contributed by atoms with Crippen molar-refractivity contribution in [1.29, 1.82) is 0 Å². The molecule has 0 radical (unpaired) electrons. The molecule has 0 saturated heterocycles. The van der Waals surface area contributed by atoms with Crippen molar-refractivity contribution in [3.05, 3.63) is 53.9 Å². The summed E-state index contributed by atoms with van der Waals surface area (Å²) in [6, 6.07) is 6.74. The number of carboxylic acid groups (broad SMARTS) is 2. The molecule has 98 valence electrons. The van der Waals surface area contributed by atoms with Crippen molar-refractivity contribution < 1.29 is 19.8 Å². The van der Waals surface area contributed by atoms with Gasteiger partial charge in [0, 0.05) is 12.4 Å². The van der Waals surface area contributed by atoms with Crippen molar-refractivity contribution in [3.8, 4) is 0 Å². The van der Waals surface area contributed by atoms with Crippen molar-refractivity contribution in [1.82, 2.24) is 9.97 Å². The van der Waals surface area contributed by atoms with E-state index in [1.807, 2.05) is 0 Å². The van der Waals surface area contributed by atoms with Gasteiger partial charge in [0.2, 0.25) is 5.95 Å². The van der Waals surface area contributed by atoms with Crippen LogP contribution in [-0.4, -0.2) is 32.1 Å². The summed E-state index contributed by atoms with van der Waals surface area (Å²) in [5.41, 5.74) is 5.30. The number of hydrogen-bond acceptors (Lipinski definition) is 5. The molecule has 2 rings (SSSR count). The second-order valence-electron chi connectivity index (χ2n) is 3.29. The molecule has 0 aliphatic heterocycles. The number of nitrogens with two attached hydrogens (primary N) is 1. The molecular formula is C12H11N3O4. The first kappa shape index (κ1) is 14.1. The van der Waals surface area contributed by atoms with Crippen LogP contribution < -0.4 is 5.73 Å². The molecular weight excluding hydrogens is 250 g/mol. The van der Waals surface area contributed by atoms with Crippen LogP contribution in [0, 0.1) is 0 Å². The van der Waals surface area contributed by atoms with Gasteiger partial charge in [0.15, 0.2) is 0 Å². The summed E-state index contributed by atoms with van der Waals surface area (Å²) in [5.74, 6) is -1.80. The van der Waals surface area contributed by atoms with E-state index >= 15 is 0 Å². The summed E-state index contributed by atoms with van der Waals surface area (Å²) in [7, 11) is 0. The summed E-state index contributed by atoms with van der Waals surface area (Å²) in [4.78, 5) is 28.0. The standard InChI is InChI=1S/C8H6O4.C4H5N3/c9-7(10)5-1-2-6(4-3-5)8(11)12;5-4-6-2-1-3-7-4/h1-4H,(H,9,10)(H,11,12);1-3H,(H2,5,6,7). The molecule has 1 aromatic carbocycles. The second-order valence-corrected chi connectivity index (χ2v) is 3.29. The number of rotatable bonds is 2. The molecule has 19 heavy (non-hydrogen) atoms. The van der Waals surface area contributed by atoms with Gasteiger partial charge in [0.1, 0.15) is 0 Å². The first-order chi connectivity index (χ1) is 9.00. The average molecular weight is 261 g/mol. The van der Waals surface area contributed by atoms with Crippen LogP contribution in [0.5, 0.6) is 0 Å². The first-order valence-electron chi connectivity index (χ1n) is 5.10. The van der Waals surface area contributed by atoms with Crippen molar-refractivity contribution in [2.75, 3.05) is 5.73 Å². The quantitative estimate of drug-likeness (QED) is 0.739. The van der Waals surface area contributed by atoms with Crippen molar-refractivity contribution in [2.45, 2.75) is 0 Å². The highest BCUT2D eigenvalue weighted by Gasteiger charge is 2.04. The Labute approximate surface area is 108 Å². The Morgan fingerprint density at radius 3 is 1.47 bits per heavy atom. The van der Waals surface area contributed by atoms with Gasteiger partial charge in [0.25, 0.3) is 0 Å². The van der Waals surface area contributed by atoms with Crippen LogP contribution in [0.4, 0.5) is 5.95 Å². The Kier molecular flexibility index (Phi) is 4.97. The fourth-order valence-electron chi connectivity index (χ4n) is 1.07. The lowest BCUT2D eigenvalue weighted by Gasteiger charge is -1.94. The molecule has 0 bridgehead atoms.